The van der Waals surface area contributed by atoms with E-state index in [1.807, 2.05) is 30.3 Å². The molecular formula is C22H20BrClN4O3S. The van der Waals surface area contributed by atoms with Crippen LogP contribution in [-0.2, 0) is 15.3 Å². The normalized spacial score (nSPS) is 15.3. The van der Waals surface area contributed by atoms with Gasteiger partial charge in [-0.1, -0.05) is 47.6 Å². The lowest BCUT2D eigenvalue weighted by Gasteiger charge is -2.28. The van der Waals surface area contributed by atoms with E-state index < -0.39 is 12.0 Å². The molecule has 0 spiro atoms. The number of carbonyl (C=O) groups excluding carboxylic acids is 1. The van der Waals surface area contributed by atoms with Gasteiger partial charge in [0.15, 0.2) is 0 Å². The first-order chi connectivity index (χ1) is 15.4. The second-order valence-electron chi connectivity index (χ2n) is 7.04. The van der Waals surface area contributed by atoms with E-state index in [9.17, 15) is 9.90 Å². The summed E-state index contributed by atoms with van der Waals surface area (Å²) in [7, 11) is 0. The number of phenols is 1. The van der Waals surface area contributed by atoms with Crippen molar-refractivity contribution in [3.8, 4) is 5.75 Å². The number of allylic oxidation sites excluding steroid dienone is 1. The fourth-order valence-electron chi connectivity index (χ4n) is 3.43. The molecule has 10 heteroatoms. The molecule has 0 fully saturated rings. The van der Waals surface area contributed by atoms with Crippen LogP contribution in [0.1, 0.15) is 31.0 Å². The van der Waals surface area contributed by atoms with E-state index in [1.54, 1.807) is 30.7 Å². The zero-order valence-corrected chi connectivity index (χ0v) is 20.5. The number of carbonyl (C=O) groups is 1. The number of nitrogens with one attached hydrogen (secondary N) is 1. The fourth-order valence-corrected chi connectivity index (χ4v) is 4.79. The third-order valence-corrected chi connectivity index (χ3v) is 6.85. The molecule has 7 nitrogen and oxygen atoms in total. The van der Waals surface area contributed by atoms with Crippen LogP contribution in [0.4, 0.5) is 5.95 Å². The van der Waals surface area contributed by atoms with Crippen molar-refractivity contribution in [3.05, 3.63) is 74.4 Å². The number of rotatable bonds is 6. The lowest BCUT2D eigenvalue weighted by Crippen LogP contribution is -2.29. The summed E-state index contributed by atoms with van der Waals surface area (Å²) in [4.78, 5) is 17.4. The molecule has 0 aliphatic carbocycles. The first kappa shape index (κ1) is 22.7. The number of anilines is 1. The summed E-state index contributed by atoms with van der Waals surface area (Å²) in [6, 6.07) is 12.2. The van der Waals surface area contributed by atoms with Crippen molar-refractivity contribution in [3.63, 3.8) is 0 Å². The van der Waals surface area contributed by atoms with Crippen LogP contribution in [-0.4, -0.2) is 32.4 Å². The number of aromatic nitrogens is 3. The van der Waals surface area contributed by atoms with Crippen molar-refractivity contribution >= 4 is 51.2 Å². The van der Waals surface area contributed by atoms with E-state index in [2.05, 4.69) is 31.3 Å². The van der Waals surface area contributed by atoms with E-state index >= 15 is 0 Å². The fraction of sp³-hybridized carbons (Fsp3) is 0.227. The van der Waals surface area contributed by atoms with Crippen molar-refractivity contribution in [1.82, 2.24) is 14.8 Å². The minimum absolute atomic E-state index is 0.0666. The zero-order valence-electron chi connectivity index (χ0n) is 17.3. The monoisotopic (exact) mass is 534 g/mol. The molecule has 1 aliphatic heterocycles. The molecule has 0 saturated heterocycles. The van der Waals surface area contributed by atoms with Gasteiger partial charge in [-0.15, -0.1) is 5.10 Å². The maximum atomic E-state index is 12.8. The van der Waals surface area contributed by atoms with Crippen LogP contribution in [0.3, 0.4) is 0 Å². The van der Waals surface area contributed by atoms with Gasteiger partial charge < -0.3 is 15.2 Å². The summed E-state index contributed by atoms with van der Waals surface area (Å²) in [5.41, 5.74) is 2.70. The maximum absolute atomic E-state index is 12.8. The Kier molecular flexibility index (Phi) is 6.78. The van der Waals surface area contributed by atoms with Crippen LogP contribution in [0.25, 0.3) is 0 Å². The van der Waals surface area contributed by atoms with Crippen LogP contribution in [0.5, 0.6) is 5.75 Å². The molecule has 0 amide bonds. The second kappa shape index (κ2) is 9.56. The number of phenolic OH excluding ortho intramolecular Hbond substituents is 1. The van der Waals surface area contributed by atoms with Gasteiger partial charge in [-0.2, -0.15) is 4.98 Å². The minimum Gasteiger partial charge on any atom is -0.507 e. The van der Waals surface area contributed by atoms with Crippen LogP contribution in [0, 0.1) is 0 Å². The van der Waals surface area contributed by atoms with E-state index in [4.69, 9.17) is 16.3 Å². The lowest BCUT2D eigenvalue weighted by atomic mass is 9.95. The topological polar surface area (TPSA) is 89.3 Å². The predicted molar refractivity (Wildman–Crippen MR) is 128 cm³/mol. The largest absolute Gasteiger partial charge is 0.507 e. The van der Waals surface area contributed by atoms with Gasteiger partial charge in [-0.3, -0.25) is 0 Å². The second-order valence-corrected chi connectivity index (χ2v) is 9.24. The number of halogens is 2. The SMILES string of the molecule is CCOC(=O)C1=C(C)Nc2nc(SCc3ccccc3Cl)nn2C1c1ccc(Br)c(O)c1. The predicted octanol–water partition coefficient (Wildman–Crippen LogP) is 5.54. The highest BCUT2D eigenvalue weighted by molar-refractivity contribution is 9.10. The zero-order chi connectivity index (χ0) is 22.8. The van der Waals surface area contributed by atoms with E-state index in [1.165, 1.54) is 11.8 Å². The minimum atomic E-state index is -0.605. The van der Waals surface area contributed by atoms with Crippen LogP contribution >= 0.6 is 39.3 Å². The number of hydrogen-bond donors (Lipinski definition) is 2. The maximum Gasteiger partial charge on any atom is 0.338 e. The molecule has 2 N–H and O–H groups in total. The number of hydrogen-bond acceptors (Lipinski definition) is 7. The molecular weight excluding hydrogens is 516 g/mol. The van der Waals surface area contributed by atoms with Crippen LogP contribution in [0.15, 0.2) is 63.4 Å². The molecule has 2 aromatic carbocycles. The Labute approximate surface area is 203 Å². The molecule has 1 unspecified atom stereocenters. The Morgan fingerprint density at radius 1 is 1.34 bits per heavy atom. The Balaban J connectivity index is 1.72. The van der Waals surface area contributed by atoms with E-state index in [0.29, 0.717) is 43.2 Å². The summed E-state index contributed by atoms with van der Waals surface area (Å²) in [6.07, 6.45) is 0. The van der Waals surface area contributed by atoms with Gasteiger partial charge >= 0.3 is 5.97 Å². The molecule has 0 bridgehead atoms. The van der Waals surface area contributed by atoms with Gasteiger partial charge in [0.25, 0.3) is 0 Å². The number of fused-ring (bicyclic) bond motifs is 1. The van der Waals surface area contributed by atoms with Crippen LogP contribution < -0.4 is 5.32 Å². The summed E-state index contributed by atoms with van der Waals surface area (Å²) in [5, 5.41) is 19.3. The Hall–Kier alpha value is -2.49. The highest BCUT2D eigenvalue weighted by atomic mass is 79.9. The van der Waals surface area contributed by atoms with Gasteiger partial charge in [0.1, 0.15) is 11.8 Å². The number of nitrogens with zero attached hydrogens (tertiary/aromatic N) is 3. The number of esters is 1. The highest BCUT2D eigenvalue weighted by Gasteiger charge is 2.35. The molecule has 1 aromatic heterocycles. The summed E-state index contributed by atoms with van der Waals surface area (Å²) in [6.45, 7) is 3.80. The Morgan fingerprint density at radius 2 is 2.12 bits per heavy atom. The quantitative estimate of drug-likeness (QED) is 0.316. The average molecular weight is 536 g/mol. The van der Waals surface area contributed by atoms with E-state index in [0.717, 1.165) is 5.56 Å². The number of aromatic hydroxyl groups is 1. The average Bonchev–Trinajstić information content (AvgIpc) is 3.16. The van der Waals surface area contributed by atoms with Crippen molar-refractivity contribution in [2.45, 2.75) is 30.8 Å². The molecule has 0 radical (unpaired) electrons. The first-order valence-electron chi connectivity index (χ1n) is 9.85. The molecule has 3 aromatic rings. The number of benzene rings is 2. The third-order valence-electron chi connectivity index (χ3n) is 4.93. The van der Waals surface area contributed by atoms with Crippen LogP contribution in [0.2, 0.25) is 5.02 Å². The standard InChI is InChI=1S/C22H20BrClN4O3S/c1-3-31-20(30)18-12(2)25-21-26-22(32-11-14-6-4-5-7-16(14)24)27-28(21)19(18)13-8-9-15(23)17(29)10-13/h4-10,19,29H,3,11H2,1-2H3,(H,25,26,27). The summed E-state index contributed by atoms with van der Waals surface area (Å²) < 4.78 is 7.52. The van der Waals surface area contributed by atoms with Crippen molar-refractivity contribution in [1.29, 1.82) is 0 Å². The molecule has 1 aliphatic rings. The molecule has 1 atom stereocenters. The lowest BCUT2D eigenvalue weighted by molar-refractivity contribution is -0.139. The van der Waals surface area contributed by atoms with Gasteiger partial charge in [0, 0.05) is 16.5 Å². The molecule has 4 rings (SSSR count). The van der Waals surface area contributed by atoms with Gasteiger partial charge in [-0.05, 0) is 59.1 Å². The Morgan fingerprint density at radius 3 is 2.84 bits per heavy atom. The van der Waals surface area contributed by atoms with Crippen molar-refractivity contribution in [2.75, 3.05) is 11.9 Å². The van der Waals surface area contributed by atoms with Gasteiger partial charge in [-0.25, -0.2) is 9.48 Å². The van der Waals surface area contributed by atoms with Gasteiger partial charge in [0.05, 0.1) is 16.7 Å². The number of thioether (sulfide) groups is 1. The highest BCUT2D eigenvalue weighted by Crippen LogP contribution is 2.39. The first-order valence-corrected chi connectivity index (χ1v) is 12.0. The molecule has 0 saturated carbocycles. The molecule has 2 heterocycles. The van der Waals surface area contributed by atoms with E-state index in [-0.39, 0.29) is 12.4 Å². The van der Waals surface area contributed by atoms with Crippen molar-refractivity contribution in [2.24, 2.45) is 0 Å². The Bertz CT molecular complexity index is 1210. The van der Waals surface area contributed by atoms with Crippen molar-refractivity contribution < 1.29 is 14.6 Å². The summed E-state index contributed by atoms with van der Waals surface area (Å²) in [5.74, 6) is 0.724. The molecule has 166 valence electrons. The third kappa shape index (κ3) is 4.51. The smallest absolute Gasteiger partial charge is 0.338 e. The molecule has 32 heavy (non-hydrogen) atoms. The number of ether oxygens (including phenoxy) is 1. The van der Waals surface area contributed by atoms with Gasteiger partial charge in [0.2, 0.25) is 11.1 Å². The summed E-state index contributed by atoms with van der Waals surface area (Å²) >= 11 is 11.0.